The molecule has 0 aliphatic carbocycles. The van der Waals surface area contributed by atoms with E-state index in [2.05, 4.69) is 17.6 Å². The molecular weight excluding hydrogens is 378 g/mol. The molecule has 3 unspecified atom stereocenters. The number of benzene rings is 2. The van der Waals surface area contributed by atoms with E-state index in [1.807, 2.05) is 48.5 Å². The first kappa shape index (κ1) is 20.4. The van der Waals surface area contributed by atoms with Gasteiger partial charge in [-0.1, -0.05) is 42.5 Å². The minimum absolute atomic E-state index is 0.266. The van der Waals surface area contributed by atoms with Crippen LogP contribution in [0.25, 0.3) is 0 Å². The zero-order valence-electron chi connectivity index (χ0n) is 17.3. The fourth-order valence-electron chi connectivity index (χ4n) is 4.06. The van der Waals surface area contributed by atoms with Crippen molar-refractivity contribution in [3.05, 3.63) is 71.3 Å². The van der Waals surface area contributed by atoms with Crippen molar-refractivity contribution in [3.8, 4) is 0 Å². The number of hydrogen-bond donors (Lipinski definition) is 2. The Morgan fingerprint density at radius 3 is 2.70 bits per heavy atom. The first-order valence-corrected chi connectivity index (χ1v) is 10.7. The molecule has 0 amide bonds. The van der Waals surface area contributed by atoms with Crippen molar-refractivity contribution in [3.63, 3.8) is 0 Å². The average Bonchev–Trinajstić information content (AvgIpc) is 3.40. The van der Waals surface area contributed by atoms with E-state index in [-0.39, 0.29) is 12.6 Å². The molecule has 6 heteroatoms. The largest absolute Gasteiger partial charge is 0.457 e. The molecule has 158 valence electrons. The van der Waals surface area contributed by atoms with Crippen molar-refractivity contribution < 1.29 is 14.3 Å². The summed E-state index contributed by atoms with van der Waals surface area (Å²) in [5, 5.41) is 6.82. The highest BCUT2D eigenvalue weighted by atomic mass is 16.5. The number of hydrogen-bond acceptors (Lipinski definition) is 4. The zero-order valence-corrected chi connectivity index (χ0v) is 17.3. The van der Waals surface area contributed by atoms with Crippen LogP contribution in [0, 0.1) is 0 Å². The number of aliphatic imine (C=N–C) groups is 1. The molecule has 30 heavy (non-hydrogen) atoms. The third kappa shape index (κ3) is 5.19. The van der Waals surface area contributed by atoms with Gasteiger partial charge in [-0.15, -0.1) is 0 Å². The second-order valence-corrected chi connectivity index (χ2v) is 7.82. The minimum Gasteiger partial charge on any atom is -0.457 e. The van der Waals surface area contributed by atoms with Crippen LogP contribution in [0.4, 0.5) is 0 Å². The Bertz CT molecular complexity index is 884. The first-order chi connectivity index (χ1) is 14.7. The predicted molar refractivity (Wildman–Crippen MR) is 116 cm³/mol. The Hall–Kier alpha value is -2.86. The highest BCUT2D eigenvalue weighted by Gasteiger charge is 2.41. The second kappa shape index (κ2) is 9.76. The maximum absolute atomic E-state index is 12.4. The highest BCUT2D eigenvalue weighted by Crippen LogP contribution is 2.34. The summed E-state index contributed by atoms with van der Waals surface area (Å²) in [4.78, 5) is 17.1. The van der Waals surface area contributed by atoms with Gasteiger partial charge in [0.25, 0.3) is 0 Å². The molecule has 2 bridgehead atoms. The van der Waals surface area contributed by atoms with Crippen LogP contribution >= 0.6 is 0 Å². The summed E-state index contributed by atoms with van der Waals surface area (Å²) >= 11 is 0. The third-order valence-electron chi connectivity index (χ3n) is 5.57. The number of nitrogens with one attached hydrogen (secondary N) is 2. The molecule has 6 nitrogen and oxygen atoms in total. The first-order valence-electron chi connectivity index (χ1n) is 10.7. The van der Waals surface area contributed by atoms with Crippen LogP contribution in [0.3, 0.4) is 0 Å². The van der Waals surface area contributed by atoms with Crippen LogP contribution in [0.1, 0.15) is 47.7 Å². The molecule has 0 saturated carbocycles. The summed E-state index contributed by atoms with van der Waals surface area (Å²) in [6.45, 7) is 3.59. The van der Waals surface area contributed by atoms with E-state index in [1.165, 1.54) is 6.42 Å². The highest BCUT2D eigenvalue weighted by molar-refractivity contribution is 5.89. The molecule has 2 fully saturated rings. The van der Waals surface area contributed by atoms with Crippen LogP contribution < -0.4 is 10.6 Å². The van der Waals surface area contributed by atoms with Gasteiger partial charge in [0.15, 0.2) is 5.96 Å². The van der Waals surface area contributed by atoms with Gasteiger partial charge in [0.05, 0.1) is 30.4 Å². The lowest BCUT2D eigenvalue weighted by molar-refractivity contribution is 0.0472. The monoisotopic (exact) mass is 407 g/mol. The summed E-state index contributed by atoms with van der Waals surface area (Å²) in [5.74, 6) is 0.463. The number of guanidine groups is 1. The number of esters is 1. The molecule has 2 saturated heterocycles. The van der Waals surface area contributed by atoms with Crippen molar-refractivity contribution in [1.29, 1.82) is 0 Å². The van der Waals surface area contributed by atoms with Crippen LogP contribution in [0.15, 0.2) is 59.6 Å². The Balaban J connectivity index is 1.35. The van der Waals surface area contributed by atoms with Gasteiger partial charge in [-0.3, -0.25) is 0 Å². The van der Waals surface area contributed by atoms with Gasteiger partial charge in [-0.05, 0) is 49.4 Å². The third-order valence-corrected chi connectivity index (χ3v) is 5.57. The van der Waals surface area contributed by atoms with Crippen molar-refractivity contribution in [2.45, 2.75) is 57.6 Å². The van der Waals surface area contributed by atoms with Crippen LogP contribution in [0.2, 0.25) is 0 Å². The van der Waals surface area contributed by atoms with Gasteiger partial charge in [0.1, 0.15) is 6.61 Å². The SMILES string of the molecule is CCNC(=NCc1cccc(C(=O)OCc2ccccc2)c1)NC1CC2CCC1O2. The Labute approximate surface area is 177 Å². The fraction of sp³-hybridized carbons (Fsp3) is 0.417. The fourth-order valence-corrected chi connectivity index (χ4v) is 4.06. The molecular formula is C24H29N3O3. The number of carbonyl (C=O) groups is 1. The normalized spacial score (nSPS) is 22.7. The van der Waals surface area contributed by atoms with Crippen molar-refractivity contribution in [2.24, 2.45) is 4.99 Å². The number of rotatable bonds is 7. The lowest BCUT2D eigenvalue weighted by atomic mass is 9.96. The molecule has 2 heterocycles. The number of fused-ring (bicyclic) bond motifs is 2. The molecule has 3 atom stereocenters. The van der Waals surface area contributed by atoms with E-state index in [0.29, 0.717) is 30.4 Å². The molecule has 0 aromatic heterocycles. The molecule has 0 spiro atoms. The Morgan fingerprint density at radius 2 is 1.97 bits per heavy atom. The maximum atomic E-state index is 12.4. The van der Waals surface area contributed by atoms with E-state index >= 15 is 0 Å². The standard InChI is InChI=1S/C24H29N3O3/c1-2-25-24(27-21-14-20-11-12-22(21)30-20)26-15-18-9-6-10-19(13-18)23(28)29-16-17-7-4-3-5-8-17/h3-10,13,20-22H,2,11-12,14-16H2,1H3,(H2,25,26,27). The van der Waals surface area contributed by atoms with Gasteiger partial charge in [-0.25, -0.2) is 9.79 Å². The van der Waals surface area contributed by atoms with Gasteiger partial charge in [0, 0.05) is 6.54 Å². The lowest BCUT2D eigenvalue weighted by Gasteiger charge is -2.22. The number of carbonyl (C=O) groups excluding carboxylic acids is 1. The van der Waals surface area contributed by atoms with Crippen LogP contribution in [-0.4, -0.2) is 36.7 Å². The van der Waals surface area contributed by atoms with E-state index in [1.54, 1.807) is 6.07 Å². The van der Waals surface area contributed by atoms with E-state index < -0.39 is 0 Å². The van der Waals surface area contributed by atoms with E-state index in [9.17, 15) is 4.79 Å². The number of ether oxygens (including phenoxy) is 2. The average molecular weight is 408 g/mol. The quantitative estimate of drug-likeness (QED) is 0.418. The van der Waals surface area contributed by atoms with Gasteiger partial charge in [-0.2, -0.15) is 0 Å². The molecule has 4 rings (SSSR count). The Morgan fingerprint density at radius 1 is 1.13 bits per heavy atom. The van der Waals surface area contributed by atoms with Gasteiger partial charge in [0.2, 0.25) is 0 Å². The summed E-state index contributed by atoms with van der Waals surface area (Å²) in [7, 11) is 0. The van der Waals surface area contributed by atoms with Gasteiger partial charge >= 0.3 is 5.97 Å². The van der Waals surface area contributed by atoms with E-state index in [0.717, 1.165) is 36.5 Å². The van der Waals surface area contributed by atoms with E-state index in [4.69, 9.17) is 14.5 Å². The van der Waals surface area contributed by atoms with Crippen molar-refractivity contribution in [1.82, 2.24) is 10.6 Å². The maximum Gasteiger partial charge on any atom is 0.338 e. The molecule has 2 aliphatic rings. The number of nitrogens with zero attached hydrogens (tertiary/aromatic N) is 1. The summed E-state index contributed by atoms with van der Waals surface area (Å²) in [5.41, 5.74) is 2.47. The summed E-state index contributed by atoms with van der Waals surface area (Å²) in [6, 6.07) is 17.5. The topological polar surface area (TPSA) is 72.0 Å². The predicted octanol–water partition coefficient (Wildman–Crippen LogP) is 3.42. The minimum atomic E-state index is -0.325. The van der Waals surface area contributed by atoms with Gasteiger partial charge < -0.3 is 20.1 Å². The van der Waals surface area contributed by atoms with Crippen molar-refractivity contribution >= 4 is 11.9 Å². The molecule has 2 aromatic rings. The van der Waals surface area contributed by atoms with Crippen LogP contribution in [-0.2, 0) is 22.6 Å². The zero-order chi connectivity index (χ0) is 20.8. The molecule has 2 aliphatic heterocycles. The lowest BCUT2D eigenvalue weighted by Crippen LogP contribution is -2.47. The molecule has 2 N–H and O–H groups in total. The summed E-state index contributed by atoms with van der Waals surface area (Å²) in [6.07, 6.45) is 4.02. The molecule has 0 radical (unpaired) electrons. The Kier molecular flexibility index (Phi) is 6.64. The summed E-state index contributed by atoms with van der Waals surface area (Å²) < 4.78 is 11.4. The van der Waals surface area contributed by atoms with Crippen molar-refractivity contribution in [2.75, 3.05) is 6.54 Å². The van der Waals surface area contributed by atoms with Crippen LogP contribution in [0.5, 0.6) is 0 Å². The second-order valence-electron chi connectivity index (χ2n) is 7.82. The molecule has 2 aromatic carbocycles. The smallest absolute Gasteiger partial charge is 0.338 e.